The highest BCUT2D eigenvalue weighted by atomic mass is 35.5. The zero-order valence-electron chi connectivity index (χ0n) is 12.7. The molecule has 0 unspecified atom stereocenters. The first kappa shape index (κ1) is 16.0. The van der Waals surface area contributed by atoms with Crippen molar-refractivity contribution in [2.24, 2.45) is 4.99 Å². The van der Waals surface area contributed by atoms with E-state index in [-0.39, 0.29) is 12.5 Å². The van der Waals surface area contributed by atoms with Gasteiger partial charge in [0.2, 0.25) is 5.96 Å². The van der Waals surface area contributed by atoms with Crippen molar-refractivity contribution in [1.82, 2.24) is 15.1 Å². The summed E-state index contributed by atoms with van der Waals surface area (Å²) >= 11 is 5.86. The number of hydrogen-bond acceptors (Lipinski definition) is 5. The van der Waals surface area contributed by atoms with Gasteiger partial charge in [-0.15, -0.1) is 0 Å². The molecule has 0 saturated carbocycles. The first-order valence-electron chi connectivity index (χ1n) is 7.61. The smallest absolute Gasteiger partial charge is 0.276 e. The molecule has 2 N–H and O–H groups in total. The van der Waals surface area contributed by atoms with Crippen molar-refractivity contribution >= 4 is 29.5 Å². The van der Waals surface area contributed by atoms with Gasteiger partial charge in [0, 0.05) is 37.7 Å². The Kier molecular flexibility index (Phi) is 4.95. The van der Waals surface area contributed by atoms with E-state index >= 15 is 0 Å². The lowest BCUT2D eigenvalue weighted by Gasteiger charge is -2.34. The fourth-order valence-corrected chi connectivity index (χ4v) is 2.77. The number of nitrogens with one attached hydrogen (secondary N) is 1. The van der Waals surface area contributed by atoms with Crippen LogP contribution in [-0.4, -0.2) is 66.1 Å². The molecule has 0 aliphatic carbocycles. The van der Waals surface area contributed by atoms with Crippen molar-refractivity contribution in [1.29, 1.82) is 0 Å². The summed E-state index contributed by atoms with van der Waals surface area (Å²) in [6.07, 6.45) is 1.75. The standard InChI is InChI=1S/C16H19ClN4O2/c17-13-3-1-12(2-4-13)11-14-15(23)19-16(18-14)21-7-5-20(6-8-21)9-10-22/h1-4,11,22H,5-10H2,(H,18,19,23)/b14-11-. The third-order valence-corrected chi connectivity index (χ3v) is 4.20. The number of hydrogen-bond donors (Lipinski definition) is 2. The highest BCUT2D eigenvalue weighted by molar-refractivity contribution is 6.30. The Morgan fingerprint density at radius 1 is 1.22 bits per heavy atom. The normalized spacial score (nSPS) is 20.8. The number of nitrogens with zero attached hydrogens (tertiary/aromatic N) is 3. The largest absolute Gasteiger partial charge is 0.395 e. The molecule has 3 rings (SSSR count). The van der Waals surface area contributed by atoms with E-state index in [0.717, 1.165) is 31.7 Å². The Morgan fingerprint density at radius 3 is 2.57 bits per heavy atom. The third kappa shape index (κ3) is 3.90. The molecule has 23 heavy (non-hydrogen) atoms. The quantitative estimate of drug-likeness (QED) is 0.802. The van der Waals surface area contributed by atoms with Crippen molar-refractivity contribution in [3.8, 4) is 0 Å². The molecule has 1 aromatic rings. The van der Waals surface area contributed by atoms with Crippen LogP contribution >= 0.6 is 11.6 Å². The van der Waals surface area contributed by atoms with Crippen LogP contribution < -0.4 is 5.32 Å². The first-order chi connectivity index (χ1) is 11.2. The predicted octanol–water partition coefficient (Wildman–Crippen LogP) is 0.777. The summed E-state index contributed by atoms with van der Waals surface area (Å²) in [4.78, 5) is 20.8. The number of piperazine rings is 1. The number of amides is 1. The van der Waals surface area contributed by atoms with Crippen LogP contribution in [0.4, 0.5) is 0 Å². The summed E-state index contributed by atoms with van der Waals surface area (Å²) in [5.74, 6) is 0.423. The number of rotatable bonds is 3. The lowest BCUT2D eigenvalue weighted by molar-refractivity contribution is -0.115. The van der Waals surface area contributed by atoms with Crippen molar-refractivity contribution in [3.63, 3.8) is 0 Å². The molecule has 6 nitrogen and oxygen atoms in total. The maximum atomic E-state index is 12.1. The summed E-state index contributed by atoms with van der Waals surface area (Å²) in [6, 6.07) is 7.27. The average Bonchev–Trinajstić information content (AvgIpc) is 2.92. The molecular weight excluding hydrogens is 316 g/mol. The molecule has 2 aliphatic rings. The molecule has 1 fully saturated rings. The van der Waals surface area contributed by atoms with Gasteiger partial charge >= 0.3 is 0 Å². The Bertz CT molecular complexity index is 634. The first-order valence-corrected chi connectivity index (χ1v) is 7.99. The highest BCUT2D eigenvalue weighted by Crippen LogP contribution is 2.16. The summed E-state index contributed by atoms with van der Waals surface area (Å²) in [6.45, 7) is 4.14. The summed E-state index contributed by atoms with van der Waals surface area (Å²) in [5.41, 5.74) is 1.29. The fraction of sp³-hybridized carbons (Fsp3) is 0.375. The van der Waals surface area contributed by atoms with Crippen LogP contribution in [0.1, 0.15) is 5.56 Å². The van der Waals surface area contributed by atoms with Gasteiger partial charge in [0.05, 0.1) is 6.61 Å². The van der Waals surface area contributed by atoms with Crippen LogP contribution in [0.5, 0.6) is 0 Å². The van der Waals surface area contributed by atoms with E-state index in [1.54, 1.807) is 18.2 Å². The van der Waals surface area contributed by atoms with Crippen molar-refractivity contribution < 1.29 is 9.90 Å². The second-order valence-corrected chi connectivity index (χ2v) is 5.96. The zero-order chi connectivity index (χ0) is 16.2. The second kappa shape index (κ2) is 7.12. The number of aliphatic hydroxyl groups is 1. The van der Waals surface area contributed by atoms with Gasteiger partial charge in [0.1, 0.15) is 5.70 Å². The molecular formula is C16H19ClN4O2. The van der Waals surface area contributed by atoms with E-state index in [1.807, 2.05) is 12.1 Å². The Balaban J connectivity index is 1.68. The predicted molar refractivity (Wildman–Crippen MR) is 90.1 cm³/mol. The number of halogens is 1. The highest BCUT2D eigenvalue weighted by Gasteiger charge is 2.26. The summed E-state index contributed by atoms with van der Waals surface area (Å²) in [5, 5.41) is 12.5. The zero-order valence-corrected chi connectivity index (χ0v) is 13.5. The molecule has 0 spiro atoms. The maximum Gasteiger partial charge on any atom is 0.276 e. The Labute approximate surface area is 140 Å². The number of aliphatic hydroxyl groups excluding tert-OH is 1. The molecule has 1 amide bonds. The molecule has 2 aliphatic heterocycles. The monoisotopic (exact) mass is 334 g/mol. The minimum Gasteiger partial charge on any atom is -0.395 e. The average molecular weight is 335 g/mol. The molecule has 1 aromatic carbocycles. The van der Waals surface area contributed by atoms with E-state index in [9.17, 15) is 4.79 Å². The Hall–Kier alpha value is -1.89. The number of carbonyl (C=O) groups excluding carboxylic acids is 1. The van der Waals surface area contributed by atoms with Gasteiger partial charge < -0.3 is 10.0 Å². The minimum absolute atomic E-state index is 0.172. The van der Waals surface area contributed by atoms with Gasteiger partial charge in [-0.2, -0.15) is 0 Å². The molecule has 7 heteroatoms. The van der Waals surface area contributed by atoms with Crippen LogP contribution in [0.15, 0.2) is 35.0 Å². The van der Waals surface area contributed by atoms with Crippen LogP contribution in [0.2, 0.25) is 5.02 Å². The van der Waals surface area contributed by atoms with Crippen LogP contribution in [0.3, 0.4) is 0 Å². The van der Waals surface area contributed by atoms with E-state index < -0.39 is 0 Å². The topological polar surface area (TPSA) is 68.2 Å². The van der Waals surface area contributed by atoms with Crippen molar-refractivity contribution in [3.05, 3.63) is 40.5 Å². The van der Waals surface area contributed by atoms with Crippen molar-refractivity contribution in [2.75, 3.05) is 39.3 Å². The number of aliphatic imine (C=N–C) groups is 1. The number of carbonyl (C=O) groups is 1. The number of β-amino-alcohol motifs (C(OH)–C–C–N with tert-alkyl or cyclic N) is 1. The lowest BCUT2D eigenvalue weighted by Crippen LogP contribution is -2.52. The van der Waals surface area contributed by atoms with E-state index in [0.29, 0.717) is 23.2 Å². The summed E-state index contributed by atoms with van der Waals surface area (Å²) in [7, 11) is 0. The molecule has 0 aromatic heterocycles. The van der Waals surface area contributed by atoms with Gasteiger partial charge in [-0.1, -0.05) is 23.7 Å². The molecule has 2 heterocycles. The molecule has 0 bridgehead atoms. The van der Waals surface area contributed by atoms with Gasteiger partial charge in [0.15, 0.2) is 0 Å². The minimum atomic E-state index is -0.187. The SMILES string of the molecule is O=C1NC(N2CCN(CCO)CC2)=N/C1=C\c1ccc(Cl)cc1. The second-order valence-electron chi connectivity index (χ2n) is 5.52. The maximum absolute atomic E-state index is 12.1. The van der Waals surface area contributed by atoms with E-state index in [4.69, 9.17) is 16.7 Å². The van der Waals surface area contributed by atoms with Crippen LogP contribution in [-0.2, 0) is 4.79 Å². The van der Waals surface area contributed by atoms with Gasteiger partial charge in [-0.25, -0.2) is 4.99 Å². The molecule has 122 valence electrons. The van der Waals surface area contributed by atoms with Gasteiger partial charge in [-0.3, -0.25) is 15.0 Å². The molecule has 1 saturated heterocycles. The van der Waals surface area contributed by atoms with E-state index in [1.165, 1.54) is 0 Å². The third-order valence-electron chi connectivity index (χ3n) is 3.95. The van der Waals surface area contributed by atoms with Gasteiger partial charge in [-0.05, 0) is 23.8 Å². The number of guanidine groups is 1. The molecule has 0 atom stereocenters. The van der Waals surface area contributed by atoms with E-state index in [2.05, 4.69) is 20.1 Å². The lowest BCUT2D eigenvalue weighted by atomic mass is 10.2. The Morgan fingerprint density at radius 2 is 1.91 bits per heavy atom. The van der Waals surface area contributed by atoms with Crippen LogP contribution in [0, 0.1) is 0 Å². The van der Waals surface area contributed by atoms with Gasteiger partial charge in [0.25, 0.3) is 5.91 Å². The molecule has 0 radical (unpaired) electrons. The summed E-state index contributed by atoms with van der Waals surface area (Å²) < 4.78 is 0. The van der Waals surface area contributed by atoms with Crippen molar-refractivity contribution in [2.45, 2.75) is 0 Å². The number of benzene rings is 1. The fourth-order valence-electron chi connectivity index (χ4n) is 2.65. The van der Waals surface area contributed by atoms with Crippen LogP contribution in [0.25, 0.3) is 6.08 Å².